The van der Waals surface area contributed by atoms with E-state index >= 15 is 0 Å². The first kappa shape index (κ1) is 10.4. The van der Waals surface area contributed by atoms with Crippen LogP contribution in [-0.4, -0.2) is 40.4 Å². The lowest BCUT2D eigenvalue weighted by Crippen LogP contribution is -2.59. The van der Waals surface area contributed by atoms with Crippen molar-refractivity contribution >= 4 is 12.8 Å². The van der Waals surface area contributed by atoms with Gasteiger partial charge in [0.2, 0.25) is 0 Å². The Kier molecular flexibility index (Phi) is 3.44. The fourth-order valence-corrected chi connectivity index (χ4v) is 2.44. The van der Waals surface area contributed by atoms with Gasteiger partial charge in [0.1, 0.15) is 0 Å². The maximum atomic E-state index is 4.28. The molecule has 0 aromatic heterocycles. The smallest absolute Gasteiger partial charge is 0.0374 e. The summed E-state index contributed by atoms with van der Waals surface area (Å²) >= 11 is 4.28. The van der Waals surface area contributed by atoms with Crippen molar-refractivity contribution in [2.24, 2.45) is 0 Å². The Morgan fingerprint density at radius 2 is 1.58 bits per heavy atom. The largest absolute Gasteiger partial charge is 0.293 e. The van der Waals surface area contributed by atoms with Gasteiger partial charge in [-0.2, -0.15) is 0 Å². The summed E-state index contributed by atoms with van der Waals surface area (Å²) in [6.45, 7) is 11.3. The van der Waals surface area contributed by atoms with E-state index in [4.69, 9.17) is 0 Å². The summed E-state index contributed by atoms with van der Waals surface area (Å²) < 4.78 is 2.07. The summed E-state index contributed by atoms with van der Waals surface area (Å²) in [5.74, 6) is 0. The maximum Gasteiger partial charge on any atom is 0.0374 e. The van der Waals surface area contributed by atoms with E-state index in [2.05, 4.69) is 49.7 Å². The Labute approximate surface area is 81.5 Å². The van der Waals surface area contributed by atoms with Crippen LogP contribution in [0.5, 0.6) is 0 Å². The molecule has 0 radical (unpaired) electrons. The third kappa shape index (κ3) is 2.15. The number of thiol groups is 1. The van der Waals surface area contributed by atoms with Gasteiger partial charge in [-0.15, -0.1) is 0 Å². The van der Waals surface area contributed by atoms with Gasteiger partial charge in [-0.3, -0.25) is 9.21 Å². The van der Waals surface area contributed by atoms with Gasteiger partial charge >= 0.3 is 0 Å². The molecular formula is C9H20N2S. The molecule has 0 unspecified atom stereocenters. The lowest BCUT2D eigenvalue weighted by atomic mass is 10.1. The van der Waals surface area contributed by atoms with Crippen LogP contribution in [0.4, 0.5) is 0 Å². The zero-order chi connectivity index (χ0) is 9.30. The van der Waals surface area contributed by atoms with Crippen LogP contribution in [0, 0.1) is 0 Å². The van der Waals surface area contributed by atoms with E-state index in [0.29, 0.717) is 12.1 Å². The average molecular weight is 188 g/mol. The fraction of sp³-hybridized carbons (Fsp3) is 1.00. The van der Waals surface area contributed by atoms with Crippen molar-refractivity contribution in [3.8, 4) is 0 Å². The molecular weight excluding hydrogens is 168 g/mol. The molecule has 0 amide bonds. The molecule has 0 saturated carbocycles. The van der Waals surface area contributed by atoms with Crippen molar-refractivity contribution in [3.63, 3.8) is 0 Å². The van der Waals surface area contributed by atoms with Gasteiger partial charge in [0.25, 0.3) is 0 Å². The molecule has 1 aliphatic rings. The third-order valence-electron chi connectivity index (χ3n) is 2.46. The molecule has 0 N–H and O–H groups in total. The van der Waals surface area contributed by atoms with Crippen LogP contribution in [0.15, 0.2) is 0 Å². The first-order valence-corrected chi connectivity index (χ1v) is 5.13. The van der Waals surface area contributed by atoms with E-state index in [1.165, 1.54) is 0 Å². The van der Waals surface area contributed by atoms with Crippen molar-refractivity contribution in [1.29, 1.82) is 0 Å². The predicted molar refractivity (Wildman–Crippen MR) is 56.5 cm³/mol. The summed E-state index contributed by atoms with van der Waals surface area (Å²) in [5.41, 5.74) is 0. The van der Waals surface area contributed by atoms with E-state index in [0.717, 1.165) is 19.1 Å². The lowest BCUT2D eigenvalue weighted by Gasteiger charge is -2.46. The van der Waals surface area contributed by atoms with Gasteiger partial charge in [0, 0.05) is 31.2 Å². The molecule has 2 nitrogen and oxygen atoms in total. The molecule has 0 bridgehead atoms. The van der Waals surface area contributed by atoms with Crippen LogP contribution in [0.2, 0.25) is 0 Å². The highest BCUT2D eigenvalue weighted by Gasteiger charge is 2.32. The molecule has 1 aliphatic heterocycles. The molecule has 3 heteroatoms. The van der Waals surface area contributed by atoms with Crippen molar-refractivity contribution in [3.05, 3.63) is 0 Å². The van der Waals surface area contributed by atoms with Crippen molar-refractivity contribution in [2.45, 2.75) is 45.8 Å². The van der Waals surface area contributed by atoms with E-state index in [-0.39, 0.29) is 0 Å². The number of hydrogen-bond donors (Lipinski definition) is 1. The van der Waals surface area contributed by atoms with E-state index in [9.17, 15) is 0 Å². The summed E-state index contributed by atoms with van der Waals surface area (Å²) in [6, 6.07) is 2.02. The zero-order valence-corrected chi connectivity index (χ0v) is 9.38. The monoisotopic (exact) mass is 188 g/mol. The molecule has 0 aromatic carbocycles. The Morgan fingerprint density at radius 3 is 1.83 bits per heavy atom. The second kappa shape index (κ2) is 3.99. The second-order valence-electron chi connectivity index (χ2n) is 4.16. The van der Waals surface area contributed by atoms with Crippen LogP contribution >= 0.6 is 12.8 Å². The Hall–Kier alpha value is 0.270. The minimum Gasteiger partial charge on any atom is -0.293 e. The zero-order valence-electron chi connectivity index (χ0n) is 8.49. The summed E-state index contributed by atoms with van der Waals surface area (Å²) in [5, 5.41) is 0. The van der Waals surface area contributed by atoms with Crippen LogP contribution in [0.3, 0.4) is 0 Å². The van der Waals surface area contributed by atoms with E-state index in [1.54, 1.807) is 0 Å². The predicted octanol–water partition coefficient (Wildman–Crippen LogP) is 1.63. The van der Waals surface area contributed by atoms with Crippen molar-refractivity contribution < 1.29 is 0 Å². The average Bonchev–Trinajstić information content (AvgIpc) is 1.82. The highest BCUT2D eigenvalue weighted by molar-refractivity contribution is 7.77. The molecule has 12 heavy (non-hydrogen) atoms. The first-order chi connectivity index (χ1) is 5.52. The van der Waals surface area contributed by atoms with Crippen LogP contribution in [-0.2, 0) is 0 Å². The van der Waals surface area contributed by atoms with Gasteiger partial charge < -0.3 is 0 Å². The topological polar surface area (TPSA) is 6.48 Å². The summed E-state index contributed by atoms with van der Waals surface area (Å²) in [4.78, 5) is 2.56. The summed E-state index contributed by atoms with van der Waals surface area (Å²) in [6.07, 6.45) is 0. The molecule has 1 heterocycles. The highest BCUT2D eigenvalue weighted by Crippen LogP contribution is 2.20. The molecule has 1 saturated heterocycles. The standard InChI is InChI=1S/C9H20N2S/c1-7(2)11(8(3)4)9-5-10(12)6-9/h7-9,12H,5-6H2,1-4H3. The Balaban J connectivity index is 2.44. The fourth-order valence-electron chi connectivity index (χ4n) is 2.06. The molecule has 0 spiro atoms. The molecule has 1 fully saturated rings. The SMILES string of the molecule is CC(C)N(C(C)C)C1CN(S)C1. The van der Waals surface area contributed by atoms with Crippen molar-refractivity contribution in [1.82, 2.24) is 9.21 Å². The molecule has 1 rings (SSSR count). The second-order valence-corrected chi connectivity index (χ2v) is 4.73. The minimum absolute atomic E-state index is 0.650. The number of nitrogens with zero attached hydrogens (tertiary/aromatic N) is 2. The van der Waals surface area contributed by atoms with Crippen LogP contribution in [0.1, 0.15) is 27.7 Å². The van der Waals surface area contributed by atoms with Gasteiger partial charge in [-0.1, -0.05) is 12.8 Å². The normalized spacial score (nSPS) is 21.0. The molecule has 0 atom stereocenters. The van der Waals surface area contributed by atoms with E-state index < -0.39 is 0 Å². The Bertz CT molecular complexity index is 133. The maximum absolute atomic E-state index is 4.28. The van der Waals surface area contributed by atoms with Crippen LogP contribution < -0.4 is 0 Å². The van der Waals surface area contributed by atoms with Gasteiger partial charge in [0.05, 0.1) is 0 Å². The third-order valence-corrected chi connectivity index (χ3v) is 2.78. The van der Waals surface area contributed by atoms with Gasteiger partial charge in [0.15, 0.2) is 0 Å². The number of rotatable bonds is 3. The quantitative estimate of drug-likeness (QED) is 0.673. The van der Waals surface area contributed by atoms with Crippen molar-refractivity contribution in [2.75, 3.05) is 13.1 Å². The molecule has 0 aromatic rings. The number of hydrogen-bond acceptors (Lipinski definition) is 3. The van der Waals surface area contributed by atoms with Gasteiger partial charge in [-0.05, 0) is 27.7 Å². The van der Waals surface area contributed by atoms with E-state index in [1.807, 2.05) is 0 Å². The lowest BCUT2D eigenvalue weighted by molar-refractivity contribution is 0.0427. The summed E-state index contributed by atoms with van der Waals surface area (Å²) in [7, 11) is 0. The highest BCUT2D eigenvalue weighted by atomic mass is 32.1. The first-order valence-electron chi connectivity index (χ1n) is 4.73. The van der Waals surface area contributed by atoms with Crippen LogP contribution in [0.25, 0.3) is 0 Å². The molecule has 72 valence electrons. The minimum atomic E-state index is 0.650. The van der Waals surface area contributed by atoms with Gasteiger partial charge in [-0.25, -0.2) is 0 Å². The Morgan fingerprint density at radius 1 is 1.17 bits per heavy atom. The molecule has 0 aliphatic carbocycles.